The van der Waals surface area contributed by atoms with Crippen LogP contribution in [0.4, 0.5) is 0 Å². The lowest BCUT2D eigenvalue weighted by molar-refractivity contribution is -0.116. The lowest BCUT2D eigenvalue weighted by Crippen LogP contribution is -2.34. The fraction of sp³-hybridized carbons (Fsp3) is 0.667. The van der Waals surface area contributed by atoms with E-state index in [1.54, 1.807) is 18.0 Å². The molecule has 1 amide bonds. The number of amidine groups is 1. The largest absolute Gasteiger partial charge is 0.349 e. The normalized spacial score (nSPS) is 32.5. The van der Waals surface area contributed by atoms with Crippen LogP contribution in [0.3, 0.4) is 0 Å². The summed E-state index contributed by atoms with van der Waals surface area (Å²) in [5, 5.41) is 8.85. The van der Waals surface area contributed by atoms with Crippen LogP contribution in [-0.4, -0.2) is 54.2 Å². The molecule has 17 heavy (non-hydrogen) atoms. The second-order valence-corrected chi connectivity index (χ2v) is 7.39. The molecule has 2 atom stereocenters. The topological polar surface area (TPSA) is 90.6 Å². The number of nitriles is 1. The monoisotopic (exact) mass is 273 g/mol. The van der Waals surface area contributed by atoms with Crippen molar-refractivity contribution in [1.82, 2.24) is 4.90 Å². The zero-order valence-electron chi connectivity index (χ0n) is 9.16. The third-order valence-electron chi connectivity index (χ3n) is 2.78. The Morgan fingerprint density at radius 1 is 1.65 bits per heavy atom. The molecule has 2 aliphatic rings. The number of hydrogen-bond acceptors (Lipinski definition) is 5. The first-order valence-corrected chi connectivity index (χ1v) is 7.71. The van der Waals surface area contributed by atoms with Crippen molar-refractivity contribution in [2.45, 2.75) is 17.7 Å². The number of carbonyl (C=O) groups excluding carboxylic acids is 1. The van der Waals surface area contributed by atoms with Crippen LogP contribution < -0.4 is 0 Å². The second kappa shape index (κ2) is 4.31. The van der Waals surface area contributed by atoms with E-state index in [0.29, 0.717) is 5.17 Å². The lowest BCUT2D eigenvalue weighted by atomic mass is 10.2. The minimum absolute atomic E-state index is 0.0429. The summed E-state index contributed by atoms with van der Waals surface area (Å²) in [6.45, 7) is 0. The highest BCUT2D eigenvalue weighted by Gasteiger charge is 2.47. The van der Waals surface area contributed by atoms with E-state index >= 15 is 0 Å². The van der Waals surface area contributed by atoms with Crippen molar-refractivity contribution in [2.75, 3.05) is 18.6 Å². The highest BCUT2D eigenvalue weighted by molar-refractivity contribution is 8.15. The van der Waals surface area contributed by atoms with E-state index in [1.165, 1.54) is 11.8 Å². The highest BCUT2D eigenvalue weighted by Crippen LogP contribution is 2.36. The molecule has 2 aliphatic heterocycles. The fourth-order valence-corrected chi connectivity index (χ4v) is 5.96. The molecule has 0 N–H and O–H groups in total. The minimum Gasteiger partial charge on any atom is -0.349 e. The summed E-state index contributed by atoms with van der Waals surface area (Å²) in [6, 6.07) is 1.64. The smallest absolute Gasteiger partial charge is 0.262 e. The Kier molecular flexibility index (Phi) is 3.14. The molecule has 0 aromatic rings. The van der Waals surface area contributed by atoms with Gasteiger partial charge in [-0.2, -0.15) is 10.3 Å². The Morgan fingerprint density at radius 3 is 2.94 bits per heavy atom. The standard InChI is InChI=1S/C9H11N3O3S2/c1-12-6-4-17(14,15)5-7(6)16-9(12)11-8(13)2-3-10/h6-7H,2,4-5H2,1H3/t6-,7+/m1/s1. The summed E-state index contributed by atoms with van der Waals surface area (Å²) in [7, 11) is -1.22. The van der Waals surface area contributed by atoms with Gasteiger partial charge < -0.3 is 4.90 Å². The van der Waals surface area contributed by atoms with E-state index in [9.17, 15) is 13.2 Å². The van der Waals surface area contributed by atoms with Crippen LogP contribution in [0.5, 0.6) is 0 Å². The van der Waals surface area contributed by atoms with E-state index in [4.69, 9.17) is 5.26 Å². The average molecular weight is 273 g/mol. The third-order valence-corrected chi connectivity index (χ3v) is 6.08. The maximum Gasteiger partial charge on any atom is 0.262 e. The van der Waals surface area contributed by atoms with Gasteiger partial charge >= 0.3 is 0 Å². The van der Waals surface area contributed by atoms with Crippen LogP contribution in [0.25, 0.3) is 0 Å². The molecular weight excluding hydrogens is 262 g/mol. The molecule has 92 valence electrons. The summed E-state index contributed by atoms with van der Waals surface area (Å²) in [6.07, 6.45) is -0.245. The number of rotatable bonds is 1. The molecule has 0 radical (unpaired) electrons. The molecule has 2 heterocycles. The van der Waals surface area contributed by atoms with Crippen molar-refractivity contribution in [2.24, 2.45) is 4.99 Å². The molecule has 2 saturated heterocycles. The van der Waals surface area contributed by atoms with Gasteiger partial charge in [0.05, 0.1) is 23.6 Å². The van der Waals surface area contributed by atoms with Crippen LogP contribution in [-0.2, 0) is 14.6 Å². The molecular formula is C9H11N3O3S2. The SMILES string of the molecule is CN1C(=NC(=O)CC#N)S[C@H]2CS(=O)(=O)C[C@H]21. The molecule has 0 aliphatic carbocycles. The Hall–Kier alpha value is -1.07. The van der Waals surface area contributed by atoms with Gasteiger partial charge in [-0.1, -0.05) is 11.8 Å². The molecule has 0 spiro atoms. The van der Waals surface area contributed by atoms with Gasteiger partial charge in [-0.15, -0.1) is 0 Å². The van der Waals surface area contributed by atoms with Gasteiger partial charge in [-0.3, -0.25) is 4.79 Å². The number of fused-ring (bicyclic) bond motifs is 1. The summed E-state index contributed by atoms with van der Waals surface area (Å²) < 4.78 is 22.9. The number of nitrogens with zero attached hydrogens (tertiary/aromatic N) is 3. The predicted molar refractivity (Wildman–Crippen MR) is 64.3 cm³/mol. The van der Waals surface area contributed by atoms with Gasteiger partial charge in [0.1, 0.15) is 6.42 Å². The van der Waals surface area contributed by atoms with E-state index < -0.39 is 15.7 Å². The van der Waals surface area contributed by atoms with Gasteiger partial charge in [0.2, 0.25) is 0 Å². The molecule has 0 aromatic heterocycles. The van der Waals surface area contributed by atoms with Gasteiger partial charge in [0.25, 0.3) is 5.91 Å². The van der Waals surface area contributed by atoms with Crippen molar-refractivity contribution >= 4 is 32.7 Å². The molecule has 6 nitrogen and oxygen atoms in total. The van der Waals surface area contributed by atoms with Crippen LogP contribution in [0.1, 0.15) is 6.42 Å². The minimum atomic E-state index is -2.96. The van der Waals surface area contributed by atoms with Crippen molar-refractivity contribution in [3.8, 4) is 6.07 Å². The van der Waals surface area contributed by atoms with Crippen molar-refractivity contribution in [3.05, 3.63) is 0 Å². The summed E-state index contributed by atoms with van der Waals surface area (Å²) in [4.78, 5) is 16.8. The average Bonchev–Trinajstić information content (AvgIpc) is 2.63. The lowest BCUT2D eigenvalue weighted by Gasteiger charge is -2.17. The molecule has 2 rings (SSSR count). The first-order chi connectivity index (χ1) is 7.93. The van der Waals surface area contributed by atoms with Crippen molar-refractivity contribution in [3.63, 3.8) is 0 Å². The van der Waals surface area contributed by atoms with Crippen molar-refractivity contribution in [1.29, 1.82) is 5.26 Å². The Morgan fingerprint density at radius 2 is 2.35 bits per heavy atom. The number of thioether (sulfide) groups is 1. The molecule has 0 saturated carbocycles. The Labute approximate surface area is 104 Å². The second-order valence-electron chi connectivity index (χ2n) is 4.03. The van der Waals surface area contributed by atoms with E-state index in [-0.39, 0.29) is 29.2 Å². The zero-order valence-corrected chi connectivity index (χ0v) is 10.8. The maximum atomic E-state index is 11.4. The molecule has 0 bridgehead atoms. The Balaban J connectivity index is 2.14. The fourth-order valence-electron chi connectivity index (χ4n) is 1.95. The summed E-state index contributed by atoms with van der Waals surface area (Å²) >= 11 is 1.31. The number of hydrogen-bond donors (Lipinski definition) is 0. The predicted octanol–water partition coefficient (Wildman–Crippen LogP) is -0.373. The first-order valence-electron chi connectivity index (χ1n) is 5.01. The summed E-state index contributed by atoms with van der Waals surface area (Å²) in [5.74, 6) is -0.227. The first kappa shape index (κ1) is 12.4. The molecule has 2 fully saturated rings. The van der Waals surface area contributed by atoms with Crippen molar-refractivity contribution < 1.29 is 13.2 Å². The highest BCUT2D eigenvalue weighted by atomic mass is 32.2. The van der Waals surface area contributed by atoms with Crippen LogP contribution in [0, 0.1) is 11.3 Å². The van der Waals surface area contributed by atoms with Crippen LogP contribution in [0.2, 0.25) is 0 Å². The van der Waals surface area contributed by atoms with Crippen LogP contribution >= 0.6 is 11.8 Å². The molecule has 0 unspecified atom stereocenters. The van der Waals surface area contributed by atoms with Gasteiger partial charge in [-0.25, -0.2) is 8.42 Å². The Bertz CT molecular complexity index is 520. The van der Waals surface area contributed by atoms with E-state index in [2.05, 4.69) is 4.99 Å². The number of aliphatic imine (C=N–C) groups is 1. The number of amides is 1. The maximum absolute atomic E-state index is 11.4. The number of carbonyl (C=O) groups is 1. The quantitative estimate of drug-likeness (QED) is 0.647. The van der Waals surface area contributed by atoms with Gasteiger partial charge in [0.15, 0.2) is 15.0 Å². The van der Waals surface area contributed by atoms with E-state index in [1.807, 2.05) is 0 Å². The van der Waals surface area contributed by atoms with Gasteiger partial charge in [-0.05, 0) is 0 Å². The van der Waals surface area contributed by atoms with E-state index in [0.717, 1.165) is 0 Å². The number of sulfone groups is 1. The molecule has 0 aromatic carbocycles. The zero-order chi connectivity index (χ0) is 12.6. The van der Waals surface area contributed by atoms with Crippen LogP contribution in [0.15, 0.2) is 4.99 Å². The third kappa shape index (κ3) is 2.45. The molecule has 8 heteroatoms. The summed E-state index contributed by atoms with van der Waals surface area (Å²) in [5.41, 5.74) is 0. The van der Waals surface area contributed by atoms with Gasteiger partial charge in [0, 0.05) is 12.3 Å².